The van der Waals surface area contributed by atoms with Gasteiger partial charge in [-0.05, 0) is 30.9 Å². The van der Waals surface area contributed by atoms with Crippen LogP contribution in [0.4, 0.5) is 0 Å². The quantitative estimate of drug-likeness (QED) is 0.371. The number of nitrogens with one attached hydrogen (secondary N) is 2. The Morgan fingerprint density at radius 3 is 2.71 bits per heavy atom. The van der Waals surface area contributed by atoms with E-state index in [1.165, 1.54) is 11.3 Å². The van der Waals surface area contributed by atoms with E-state index in [1.807, 2.05) is 13.0 Å². The fourth-order valence-corrected chi connectivity index (χ4v) is 3.01. The van der Waals surface area contributed by atoms with E-state index in [1.54, 1.807) is 6.07 Å². The monoisotopic (exact) mass is 443 g/mol. The van der Waals surface area contributed by atoms with Crippen LogP contribution in [0.25, 0.3) is 0 Å². The van der Waals surface area contributed by atoms with Crippen molar-refractivity contribution >= 4 is 52.9 Å². The molecule has 21 heavy (non-hydrogen) atoms. The molecule has 1 fully saturated rings. The normalized spacial score (nSPS) is 21.4. The molecule has 2 atom stereocenters. The van der Waals surface area contributed by atoms with Crippen LogP contribution in [0, 0.1) is 5.41 Å². The van der Waals surface area contributed by atoms with Crippen LogP contribution >= 0.6 is 46.9 Å². The van der Waals surface area contributed by atoms with Crippen molar-refractivity contribution in [3.05, 3.63) is 21.3 Å². The summed E-state index contributed by atoms with van der Waals surface area (Å²) in [4.78, 5) is 5.30. The van der Waals surface area contributed by atoms with Crippen LogP contribution in [0.15, 0.2) is 17.1 Å². The average Bonchev–Trinajstić information content (AvgIpc) is 2.78. The Morgan fingerprint density at radius 2 is 2.24 bits per heavy atom. The van der Waals surface area contributed by atoms with Crippen molar-refractivity contribution in [2.75, 3.05) is 13.1 Å². The second-order valence-electron chi connectivity index (χ2n) is 5.77. The Kier molecular flexibility index (Phi) is 7.23. The highest BCUT2D eigenvalue weighted by atomic mass is 127. The van der Waals surface area contributed by atoms with Gasteiger partial charge in [-0.15, -0.1) is 35.3 Å². The van der Waals surface area contributed by atoms with Gasteiger partial charge in [-0.25, -0.2) is 0 Å². The second-order valence-corrected chi connectivity index (χ2v) is 7.51. The molecular weight excluding hydrogens is 421 g/mol. The maximum absolute atomic E-state index is 10.1. The molecule has 120 valence electrons. The first kappa shape index (κ1) is 19.0. The summed E-state index contributed by atoms with van der Waals surface area (Å²) < 4.78 is 0.688. The van der Waals surface area contributed by atoms with Gasteiger partial charge < -0.3 is 15.7 Å². The van der Waals surface area contributed by atoms with Gasteiger partial charge in [0, 0.05) is 17.5 Å². The molecule has 0 radical (unpaired) electrons. The van der Waals surface area contributed by atoms with Gasteiger partial charge in [0.1, 0.15) is 6.10 Å². The van der Waals surface area contributed by atoms with Crippen LogP contribution in [0.5, 0.6) is 0 Å². The minimum absolute atomic E-state index is 0. The first-order valence-electron chi connectivity index (χ1n) is 6.90. The van der Waals surface area contributed by atoms with E-state index in [9.17, 15) is 5.11 Å². The number of aliphatic imine (C=N–C) groups is 1. The molecule has 4 nitrogen and oxygen atoms in total. The predicted octanol–water partition coefficient (Wildman–Crippen LogP) is 3.41. The minimum atomic E-state index is -0.602. The van der Waals surface area contributed by atoms with E-state index in [4.69, 9.17) is 11.6 Å². The molecule has 1 aliphatic carbocycles. The Balaban J connectivity index is 0.00000220. The molecule has 1 saturated carbocycles. The van der Waals surface area contributed by atoms with E-state index in [2.05, 4.69) is 29.5 Å². The van der Waals surface area contributed by atoms with E-state index in [0.717, 1.165) is 23.8 Å². The first-order chi connectivity index (χ1) is 9.42. The maximum atomic E-state index is 10.1. The number of guanidine groups is 1. The number of aliphatic hydroxyl groups is 1. The van der Waals surface area contributed by atoms with Crippen molar-refractivity contribution < 1.29 is 5.11 Å². The van der Waals surface area contributed by atoms with Gasteiger partial charge in [0.2, 0.25) is 0 Å². The highest BCUT2D eigenvalue weighted by molar-refractivity contribution is 14.0. The van der Waals surface area contributed by atoms with Crippen LogP contribution in [-0.2, 0) is 0 Å². The third-order valence-corrected chi connectivity index (χ3v) is 4.85. The molecule has 0 spiro atoms. The van der Waals surface area contributed by atoms with Gasteiger partial charge in [-0.3, -0.25) is 4.99 Å². The van der Waals surface area contributed by atoms with Gasteiger partial charge in [0.05, 0.1) is 10.9 Å². The third kappa shape index (κ3) is 5.58. The predicted molar refractivity (Wildman–Crippen MR) is 101 cm³/mol. The van der Waals surface area contributed by atoms with Gasteiger partial charge in [0.25, 0.3) is 0 Å². The van der Waals surface area contributed by atoms with E-state index in [0.29, 0.717) is 22.3 Å². The lowest BCUT2D eigenvalue weighted by Gasteiger charge is -2.13. The standard InChI is InChI=1S/C14H22ClN3OS.HI/c1-4-16-13(18-11-7-14(11,2)3)17-8-9(19)10-5-6-12(15)20-10;/h5-6,9,11,19H,4,7-8H2,1-3H3,(H2,16,17,18);1H. The topological polar surface area (TPSA) is 56.7 Å². The van der Waals surface area contributed by atoms with Gasteiger partial charge >= 0.3 is 0 Å². The highest BCUT2D eigenvalue weighted by Gasteiger charge is 2.46. The van der Waals surface area contributed by atoms with Crippen molar-refractivity contribution in [2.24, 2.45) is 10.4 Å². The summed E-state index contributed by atoms with van der Waals surface area (Å²) in [6.07, 6.45) is 0.552. The van der Waals surface area contributed by atoms with E-state index < -0.39 is 6.10 Å². The van der Waals surface area contributed by atoms with Gasteiger partial charge in [-0.2, -0.15) is 0 Å². The first-order valence-corrected chi connectivity index (χ1v) is 8.10. The summed E-state index contributed by atoms with van der Waals surface area (Å²) in [7, 11) is 0. The fourth-order valence-electron chi connectivity index (χ4n) is 1.97. The van der Waals surface area contributed by atoms with Crippen LogP contribution in [0.1, 0.15) is 38.2 Å². The molecule has 0 amide bonds. The summed E-state index contributed by atoms with van der Waals surface area (Å²) in [5.74, 6) is 0.768. The Morgan fingerprint density at radius 1 is 1.57 bits per heavy atom. The molecular formula is C14H23ClIN3OS. The second kappa shape index (κ2) is 7.99. The molecule has 0 saturated heterocycles. The Bertz CT molecular complexity index is 492. The molecule has 0 aromatic carbocycles. The largest absolute Gasteiger partial charge is 0.386 e. The molecule has 2 rings (SSSR count). The molecule has 0 bridgehead atoms. The highest BCUT2D eigenvalue weighted by Crippen LogP contribution is 2.44. The third-order valence-electron chi connectivity index (χ3n) is 3.51. The number of nitrogens with zero attached hydrogens (tertiary/aromatic N) is 1. The van der Waals surface area contributed by atoms with E-state index >= 15 is 0 Å². The Hall–Kier alpha value is -0.0500. The van der Waals surface area contributed by atoms with E-state index in [-0.39, 0.29) is 24.0 Å². The molecule has 1 heterocycles. The lowest BCUT2D eigenvalue weighted by molar-refractivity contribution is 0.191. The van der Waals surface area contributed by atoms with Crippen molar-refractivity contribution in [1.82, 2.24) is 10.6 Å². The zero-order valence-corrected chi connectivity index (χ0v) is 16.4. The summed E-state index contributed by atoms with van der Waals surface area (Å²) in [6, 6.07) is 4.11. The average molecular weight is 444 g/mol. The maximum Gasteiger partial charge on any atom is 0.191 e. The summed E-state index contributed by atoms with van der Waals surface area (Å²) in [5, 5.41) is 16.7. The number of rotatable bonds is 5. The number of hydrogen-bond acceptors (Lipinski definition) is 3. The zero-order chi connectivity index (χ0) is 14.8. The number of hydrogen-bond donors (Lipinski definition) is 3. The van der Waals surface area contributed by atoms with Crippen LogP contribution in [-0.4, -0.2) is 30.2 Å². The van der Waals surface area contributed by atoms with Crippen LogP contribution < -0.4 is 10.6 Å². The lowest BCUT2D eigenvalue weighted by Crippen LogP contribution is -2.40. The van der Waals surface area contributed by atoms with Crippen molar-refractivity contribution in [3.8, 4) is 0 Å². The summed E-state index contributed by atoms with van der Waals surface area (Å²) in [6.45, 7) is 7.64. The van der Waals surface area contributed by atoms with Crippen molar-refractivity contribution in [2.45, 2.75) is 39.3 Å². The molecule has 1 aromatic heterocycles. The molecule has 0 aliphatic heterocycles. The summed E-state index contributed by atoms with van der Waals surface area (Å²) in [5.41, 5.74) is 0.343. The zero-order valence-electron chi connectivity index (χ0n) is 12.5. The molecule has 3 N–H and O–H groups in total. The molecule has 2 unspecified atom stereocenters. The fraction of sp³-hybridized carbons (Fsp3) is 0.643. The van der Waals surface area contributed by atoms with Crippen LogP contribution in [0.2, 0.25) is 4.34 Å². The number of thiophene rings is 1. The lowest BCUT2D eigenvalue weighted by atomic mass is 10.2. The van der Waals surface area contributed by atoms with Crippen molar-refractivity contribution in [3.63, 3.8) is 0 Å². The molecule has 7 heteroatoms. The van der Waals surface area contributed by atoms with Gasteiger partial charge in [0.15, 0.2) is 5.96 Å². The smallest absolute Gasteiger partial charge is 0.191 e. The molecule has 1 aromatic rings. The Labute approximate surface area is 152 Å². The molecule has 1 aliphatic rings. The minimum Gasteiger partial charge on any atom is -0.386 e. The number of aliphatic hydroxyl groups excluding tert-OH is 1. The van der Waals surface area contributed by atoms with Crippen molar-refractivity contribution in [1.29, 1.82) is 0 Å². The van der Waals surface area contributed by atoms with Crippen LogP contribution in [0.3, 0.4) is 0 Å². The SMILES string of the molecule is CCNC(=NCC(O)c1ccc(Cl)s1)NC1CC1(C)C.I. The summed E-state index contributed by atoms with van der Waals surface area (Å²) >= 11 is 7.26. The van der Waals surface area contributed by atoms with Gasteiger partial charge in [-0.1, -0.05) is 25.4 Å². The number of halogens is 2.